The molecule has 0 aliphatic heterocycles. The van der Waals surface area contributed by atoms with Crippen LogP contribution in [-0.2, 0) is 4.79 Å². The number of thiol groups is 1. The summed E-state index contributed by atoms with van der Waals surface area (Å²) in [6, 6.07) is 0. The molecule has 1 atom stereocenters. The second-order valence-electron chi connectivity index (χ2n) is 7.47. The molecule has 0 rings (SSSR count). The van der Waals surface area contributed by atoms with Crippen LogP contribution in [0.25, 0.3) is 0 Å². The van der Waals surface area contributed by atoms with Gasteiger partial charge in [0, 0.05) is 5.41 Å². The van der Waals surface area contributed by atoms with Crippen molar-refractivity contribution in [2.24, 2.45) is 16.2 Å². The van der Waals surface area contributed by atoms with Gasteiger partial charge in [0.15, 0.2) is 5.78 Å². The highest BCUT2D eigenvalue weighted by Crippen LogP contribution is 2.43. The Balaban J connectivity index is 4.71. The maximum absolute atomic E-state index is 12.1. The van der Waals surface area contributed by atoms with Crippen LogP contribution in [0.4, 0.5) is 0 Å². The predicted octanol–water partition coefficient (Wildman–Crippen LogP) is 4.36. The molecule has 16 heavy (non-hydrogen) atoms. The van der Waals surface area contributed by atoms with Crippen LogP contribution in [0.1, 0.15) is 61.8 Å². The standard InChI is InChI=1S/C14H28OS/c1-12(2,3)11(15)10(16)9-14(7,8)13(4,5)6/h10,16H,9H2,1-8H3. The van der Waals surface area contributed by atoms with Crippen LogP contribution < -0.4 is 0 Å². The molecule has 0 saturated heterocycles. The quantitative estimate of drug-likeness (QED) is 0.730. The van der Waals surface area contributed by atoms with Crippen LogP contribution in [0.2, 0.25) is 0 Å². The Bertz CT molecular complexity index is 253. The number of rotatable bonds is 3. The number of ketones is 1. The van der Waals surface area contributed by atoms with Crippen molar-refractivity contribution in [3.8, 4) is 0 Å². The van der Waals surface area contributed by atoms with Crippen LogP contribution in [-0.4, -0.2) is 11.0 Å². The second kappa shape index (κ2) is 4.72. The van der Waals surface area contributed by atoms with Gasteiger partial charge in [-0.15, -0.1) is 0 Å². The number of carbonyl (C=O) groups excluding carboxylic acids is 1. The second-order valence-corrected chi connectivity index (χ2v) is 8.09. The lowest BCUT2D eigenvalue weighted by atomic mass is 9.66. The largest absolute Gasteiger partial charge is 0.298 e. The third-order valence-electron chi connectivity index (χ3n) is 3.78. The molecule has 0 aliphatic carbocycles. The van der Waals surface area contributed by atoms with E-state index in [1.165, 1.54) is 0 Å². The third kappa shape index (κ3) is 4.12. The number of Topliss-reactive ketones (excluding diaryl/α,β-unsaturated/α-hetero) is 1. The minimum Gasteiger partial charge on any atom is -0.298 e. The molecule has 2 heteroatoms. The van der Waals surface area contributed by atoms with Crippen molar-refractivity contribution in [3.05, 3.63) is 0 Å². The summed E-state index contributed by atoms with van der Waals surface area (Å²) in [4.78, 5) is 12.1. The molecular weight excluding hydrogens is 216 g/mol. The van der Waals surface area contributed by atoms with Crippen molar-refractivity contribution in [1.82, 2.24) is 0 Å². The highest BCUT2D eigenvalue weighted by atomic mass is 32.1. The molecule has 0 bridgehead atoms. The maximum Gasteiger partial charge on any atom is 0.150 e. The van der Waals surface area contributed by atoms with Crippen molar-refractivity contribution >= 4 is 18.4 Å². The van der Waals surface area contributed by atoms with Crippen molar-refractivity contribution < 1.29 is 4.79 Å². The van der Waals surface area contributed by atoms with E-state index in [0.717, 1.165) is 6.42 Å². The van der Waals surface area contributed by atoms with Gasteiger partial charge < -0.3 is 0 Å². The van der Waals surface area contributed by atoms with Crippen molar-refractivity contribution in [3.63, 3.8) is 0 Å². The van der Waals surface area contributed by atoms with E-state index in [1.54, 1.807) is 0 Å². The molecule has 1 nitrogen and oxygen atoms in total. The van der Waals surface area contributed by atoms with Gasteiger partial charge in [-0.1, -0.05) is 55.4 Å². The highest BCUT2D eigenvalue weighted by molar-refractivity contribution is 7.81. The van der Waals surface area contributed by atoms with Gasteiger partial charge in [-0.25, -0.2) is 0 Å². The summed E-state index contributed by atoms with van der Waals surface area (Å²) in [5.41, 5.74) is 0.00680. The zero-order valence-electron chi connectivity index (χ0n) is 12.1. The Morgan fingerprint density at radius 2 is 1.38 bits per heavy atom. The fourth-order valence-electron chi connectivity index (χ4n) is 1.38. The lowest BCUT2D eigenvalue weighted by Crippen LogP contribution is -2.37. The molecule has 0 N–H and O–H groups in total. The van der Waals surface area contributed by atoms with Crippen molar-refractivity contribution in [2.75, 3.05) is 0 Å². The molecule has 96 valence electrons. The average Bonchev–Trinajstić information content (AvgIpc) is 1.97. The Hall–Kier alpha value is 0.0200. The summed E-state index contributed by atoms with van der Waals surface area (Å²) in [6.45, 7) is 17.0. The van der Waals surface area contributed by atoms with E-state index < -0.39 is 0 Å². The third-order valence-corrected chi connectivity index (χ3v) is 4.19. The van der Waals surface area contributed by atoms with E-state index >= 15 is 0 Å². The van der Waals surface area contributed by atoms with Gasteiger partial charge in [-0.2, -0.15) is 12.6 Å². The van der Waals surface area contributed by atoms with Crippen LogP contribution in [0.5, 0.6) is 0 Å². The van der Waals surface area contributed by atoms with Gasteiger partial charge in [0.05, 0.1) is 5.25 Å². The summed E-state index contributed by atoms with van der Waals surface area (Å²) < 4.78 is 0. The van der Waals surface area contributed by atoms with Gasteiger partial charge in [0.2, 0.25) is 0 Å². The van der Waals surface area contributed by atoms with E-state index in [-0.39, 0.29) is 27.3 Å². The molecule has 0 aromatic heterocycles. The summed E-state index contributed by atoms with van der Waals surface area (Å²) in [5.74, 6) is 0.244. The predicted molar refractivity (Wildman–Crippen MR) is 75.1 cm³/mol. The molecule has 0 radical (unpaired) electrons. The van der Waals surface area contributed by atoms with Crippen molar-refractivity contribution in [2.45, 2.75) is 67.1 Å². The zero-order valence-corrected chi connectivity index (χ0v) is 13.0. The summed E-state index contributed by atoms with van der Waals surface area (Å²) in [5, 5.41) is -0.158. The Morgan fingerprint density at radius 1 is 1.00 bits per heavy atom. The van der Waals surface area contributed by atoms with Gasteiger partial charge in [-0.3, -0.25) is 4.79 Å². The SMILES string of the molecule is CC(C)(C)C(=O)C(S)CC(C)(C)C(C)(C)C. The van der Waals surface area contributed by atoms with Gasteiger partial charge >= 0.3 is 0 Å². The highest BCUT2D eigenvalue weighted by Gasteiger charge is 2.37. The van der Waals surface area contributed by atoms with E-state index in [9.17, 15) is 4.79 Å². The fourth-order valence-corrected chi connectivity index (χ4v) is 2.23. The minimum atomic E-state index is -0.291. The Morgan fingerprint density at radius 3 is 1.62 bits per heavy atom. The van der Waals surface area contributed by atoms with Gasteiger partial charge in [0.1, 0.15) is 0 Å². The smallest absolute Gasteiger partial charge is 0.150 e. The first kappa shape index (κ1) is 16.0. The Labute approximate surface area is 107 Å². The molecule has 0 saturated carbocycles. The zero-order chi connectivity index (χ0) is 13.4. The summed E-state index contributed by atoms with van der Waals surface area (Å²) in [6.07, 6.45) is 0.829. The fraction of sp³-hybridized carbons (Fsp3) is 0.929. The molecular formula is C14H28OS. The van der Waals surface area contributed by atoms with E-state index in [2.05, 4.69) is 47.2 Å². The summed E-state index contributed by atoms with van der Waals surface area (Å²) in [7, 11) is 0. The maximum atomic E-state index is 12.1. The molecule has 1 unspecified atom stereocenters. The Kier molecular flexibility index (Phi) is 4.72. The monoisotopic (exact) mass is 244 g/mol. The summed E-state index contributed by atoms with van der Waals surface area (Å²) >= 11 is 4.49. The van der Waals surface area contributed by atoms with Crippen LogP contribution >= 0.6 is 12.6 Å². The van der Waals surface area contributed by atoms with Crippen LogP contribution in [0, 0.1) is 16.2 Å². The lowest BCUT2D eigenvalue weighted by molar-refractivity contribution is -0.126. The van der Waals surface area contributed by atoms with E-state index in [0.29, 0.717) is 0 Å². The number of hydrogen-bond donors (Lipinski definition) is 1. The van der Waals surface area contributed by atoms with E-state index in [1.807, 2.05) is 20.8 Å². The molecule has 0 aliphatic rings. The lowest BCUT2D eigenvalue weighted by Gasteiger charge is -2.41. The minimum absolute atomic E-state index is 0.111. The first-order chi connectivity index (χ1) is 6.79. The number of hydrogen-bond acceptors (Lipinski definition) is 2. The van der Waals surface area contributed by atoms with E-state index in [4.69, 9.17) is 0 Å². The normalized spacial score (nSPS) is 16.1. The van der Waals surface area contributed by atoms with Crippen LogP contribution in [0.15, 0.2) is 0 Å². The van der Waals surface area contributed by atoms with Gasteiger partial charge in [0.25, 0.3) is 0 Å². The first-order valence-corrected chi connectivity index (χ1v) is 6.53. The molecule has 0 heterocycles. The number of carbonyl (C=O) groups is 1. The topological polar surface area (TPSA) is 17.1 Å². The first-order valence-electron chi connectivity index (χ1n) is 6.01. The molecule has 0 spiro atoms. The molecule has 0 fully saturated rings. The molecule has 0 amide bonds. The van der Waals surface area contributed by atoms with Crippen molar-refractivity contribution in [1.29, 1.82) is 0 Å². The van der Waals surface area contributed by atoms with Gasteiger partial charge in [-0.05, 0) is 17.3 Å². The molecule has 0 aromatic carbocycles. The molecule has 0 aromatic rings. The van der Waals surface area contributed by atoms with Crippen LogP contribution in [0.3, 0.4) is 0 Å². The average molecular weight is 244 g/mol.